The fourth-order valence-corrected chi connectivity index (χ4v) is 4.56. The van der Waals surface area contributed by atoms with Crippen LogP contribution in [0.3, 0.4) is 0 Å². The van der Waals surface area contributed by atoms with Crippen LogP contribution in [-0.4, -0.2) is 38.7 Å². The van der Waals surface area contributed by atoms with Gasteiger partial charge in [0.25, 0.3) is 0 Å². The highest BCUT2D eigenvalue weighted by atomic mass is 32.2. The van der Waals surface area contributed by atoms with Crippen LogP contribution in [0.15, 0.2) is 24.3 Å². The molecule has 2 bridgehead atoms. The van der Waals surface area contributed by atoms with Gasteiger partial charge in [-0.15, -0.1) is 0 Å². The van der Waals surface area contributed by atoms with Crippen LogP contribution in [0.1, 0.15) is 39.5 Å². The molecule has 2 unspecified atom stereocenters. The average Bonchev–Trinajstić information content (AvgIpc) is 2.78. The van der Waals surface area contributed by atoms with Crippen molar-refractivity contribution in [3.8, 4) is 0 Å². The molecule has 0 spiro atoms. The standard InChI is InChI=1S/C18H27N3O3S/c1-12(2)18(22)19-14-10-16-8-9-17(11-14)21(16)15-6-4-13(5-7-15)20-25(3,23)24/h4-7,12,14,16-17,20H,8-11H2,1-3H3,(H,19,22). The van der Waals surface area contributed by atoms with Crippen LogP contribution in [0.25, 0.3) is 0 Å². The first-order chi connectivity index (χ1) is 11.7. The summed E-state index contributed by atoms with van der Waals surface area (Å²) in [4.78, 5) is 14.4. The molecule has 0 saturated carbocycles. The summed E-state index contributed by atoms with van der Waals surface area (Å²) in [5, 5.41) is 3.18. The van der Waals surface area contributed by atoms with Gasteiger partial charge >= 0.3 is 0 Å². The predicted octanol–water partition coefficient (Wildman–Crippen LogP) is 2.33. The zero-order chi connectivity index (χ0) is 18.2. The molecule has 2 fully saturated rings. The smallest absolute Gasteiger partial charge is 0.229 e. The Bertz CT molecular complexity index is 716. The molecule has 2 aliphatic rings. The van der Waals surface area contributed by atoms with E-state index in [2.05, 4.69) is 14.9 Å². The number of hydrogen-bond acceptors (Lipinski definition) is 4. The van der Waals surface area contributed by atoms with Gasteiger partial charge in [0, 0.05) is 35.4 Å². The Labute approximate surface area is 150 Å². The van der Waals surface area contributed by atoms with Crippen molar-refractivity contribution >= 4 is 27.3 Å². The van der Waals surface area contributed by atoms with Crippen LogP contribution < -0.4 is 14.9 Å². The third-order valence-electron chi connectivity index (χ3n) is 5.07. The van der Waals surface area contributed by atoms with E-state index in [1.165, 1.54) is 0 Å². The molecule has 2 heterocycles. The van der Waals surface area contributed by atoms with Crippen molar-refractivity contribution in [1.29, 1.82) is 0 Å². The quantitative estimate of drug-likeness (QED) is 0.839. The number of benzene rings is 1. The highest BCUT2D eigenvalue weighted by Crippen LogP contribution is 2.39. The van der Waals surface area contributed by atoms with Gasteiger partial charge in [-0.05, 0) is 49.9 Å². The number of sulfonamides is 1. The molecular formula is C18H27N3O3S. The minimum Gasteiger partial charge on any atom is -0.365 e. The molecule has 2 N–H and O–H groups in total. The van der Waals surface area contributed by atoms with Gasteiger partial charge in [-0.1, -0.05) is 13.8 Å². The highest BCUT2D eigenvalue weighted by molar-refractivity contribution is 7.92. The minimum absolute atomic E-state index is 0.0190. The second-order valence-corrected chi connectivity index (χ2v) is 9.29. The van der Waals surface area contributed by atoms with E-state index in [1.54, 1.807) is 0 Å². The number of piperidine rings is 1. The molecule has 0 aliphatic carbocycles. The lowest BCUT2D eigenvalue weighted by Gasteiger charge is -2.41. The molecule has 0 aromatic heterocycles. The second kappa shape index (κ2) is 6.86. The van der Waals surface area contributed by atoms with Gasteiger partial charge < -0.3 is 10.2 Å². The summed E-state index contributed by atoms with van der Waals surface area (Å²) in [5.74, 6) is 0.152. The largest absolute Gasteiger partial charge is 0.365 e. The molecule has 2 saturated heterocycles. The van der Waals surface area contributed by atoms with E-state index in [4.69, 9.17) is 0 Å². The van der Waals surface area contributed by atoms with Crippen molar-refractivity contribution in [3.63, 3.8) is 0 Å². The Kier molecular flexibility index (Phi) is 4.95. The zero-order valence-electron chi connectivity index (χ0n) is 15.0. The Hall–Kier alpha value is -1.76. The van der Waals surface area contributed by atoms with Gasteiger partial charge in [-0.2, -0.15) is 0 Å². The molecular weight excluding hydrogens is 338 g/mol. The number of rotatable bonds is 5. The predicted molar refractivity (Wildman–Crippen MR) is 100 cm³/mol. The van der Waals surface area contributed by atoms with E-state index in [-0.39, 0.29) is 17.9 Å². The Morgan fingerprint density at radius 3 is 2.16 bits per heavy atom. The second-order valence-electron chi connectivity index (χ2n) is 7.54. The summed E-state index contributed by atoms with van der Waals surface area (Å²) in [6.45, 7) is 3.84. The number of carbonyl (C=O) groups excluding carboxylic acids is 1. The maximum Gasteiger partial charge on any atom is 0.229 e. The van der Waals surface area contributed by atoms with Crippen LogP contribution in [0.2, 0.25) is 0 Å². The third kappa shape index (κ3) is 4.26. The topological polar surface area (TPSA) is 78.5 Å². The van der Waals surface area contributed by atoms with Crippen LogP contribution in [0.4, 0.5) is 11.4 Å². The van der Waals surface area contributed by atoms with Crippen LogP contribution in [-0.2, 0) is 14.8 Å². The number of amides is 1. The summed E-state index contributed by atoms with van der Waals surface area (Å²) in [7, 11) is -3.25. The minimum atomic E-state index is -3.25. The number of nitrogens with zero attached hydrogens (tertiary/aromatic N) is 1. The average molecular weight is 365 g/mol. The molecule has 0 radical (unpaired) electrons. The summed E-state index contributed by atoms with van der Waals surface area (Å²) in [6.07, 6.45) is 5.37. The molecule has 25 heavy (non-hydrogen) atoms. The normalized spacial score (nSPS) is 25.9. The zero-order valence-corrected chi connectivity index (χ0v) is 15.8. The Balaban J connectivity index is 1.68. The lowest BCUT2D eigenvalue weighted by Crippen LogP contribution is -2.51. The summed E-state index contributed by atoms with van der Waals surface area (Å²) < 4.78 is 25.1. The monoisotopic (exact) mass is 365 g/mol. The number of fused-ring (bicyclic) bond motifs is 2. The van der Waals surface area contributed by atoms with Crippen molar-refractivity contribution in [2.24, 2.45) is 5.92 Å². The van der Waals surface area contributed by atoms with Crippen LogP contribution in [0, 0.1) is 5.92 Å². The molecule has 1 amide bonds. The van der Waals surface area contributed by atoms with Gasteiger partial charge in [-0.25, -0.2) is 8.42 Å². The van der Waals surface area contributed by atoms with E-state index in [0.29, 0.717) is 17.8 Å². The summed E-state index contributed by atoms with van der Waals surface area (Å²) in [5.41, 5.74) is 1.71. The first-order valence-electron chi connectivity index (χ1n) is 8.89. The van der Waals surface area contributed by atoms with Crippen molar-refractivity contribution in [3.05, 3.63) is 24.3 Å². The first kappa shape index (κ1) is 18.0. The molecule has 1 aromatic rings. The fourth-order valence-electron chi connectivity index (χ4n) is 4.00. The van der Waals surface area contributed by atoms with Crippen molar-refractivity contribution in [2.75, 3.05) is 15.9 Å². The van der Waals surface area contributed by atoms with Gasteiger partial charge in [0.05, 0.1) is 6.26 Å². The number of hydrogen-bond donors (Lipinski definition) is 2. The molecule has 3 rings (SSSR count). The lowest BCUT2D eigenvalue weighted by molar-refractivity contribution is -0.124. The molecule has 6 nitrogen and oxygen atoms in total. The van der Waals surface area contributed by atoms with Gasteiger partial charge in [0.2, 0.25) is 15.9 Å². The molecule has 138 valence electrons. The van der Waals surface area contributed by atoms with Crippen molar-refractivity contribution < 1.29 is 13.2 Å². The van der Waals surface area contributed by atoms with Crippen molar-refractivity contribution in [1.82, 2.24) is 5.32 Å². The number of anilines is 2. The summed E-state index contributed by atoms with van der Waals surface area (Å²) in [6, 6.07) is 8.70. The van der Waals surface area contributed by atoms with Gasteiger partial charge in [-0.3, -0.25) is 9.52 Å². The first-order valence-corrected chi connectivity index (χ1v) is 10.8. The van der Waals surface area contributed by atoms with Crippen molar-refractivity contribution in [2.45, 2.75) is 57.7 Å². The fraction of sp³-hybridized carbons (Fsp3) is 0.611. The Morgan fingerprint density at radius 2 is 1.68 bits per heavy atom. The lowest BCUT2D eigenvalue weighted by atomic mass is 9.96. The molecule has 2 atom stereocenters. The van der Waals surface area contributed by atoms with E-state index < -0.39 is 10.0 Å². The molecule has 7 heteroatoms. The van der Waals surface area contributed by atoms with E-state index >= 15 is 0 Å². The maximum atomic E-state index is 12.0. The van der Waals surface area contributed by atoms with Crippen LogP contribution in [0.5, 0.6) is 0 Å². The highest BCUT2D eigenvalue weighted by Gasteiger charge is 2.41. The van der Waals surface area contributed by atoms with Crippen LogP contribution >= 0.6 is 0 Å². The molecule has 1 aromatic carbocycles. The van der Waals surface area contributed by atoms with Gasteiger partial charge in [0.15, 0.2) is 0 Å². The SMILES string of the molecule is CC(C)C(=O)NC1CC2CCC(C1)N2c1ccc(NS(C)(=O)=O)cc1. The van der Waals surface area contributed by atoms with E-state index in [1.807, 2.05) is 38.1 Å². The van der Waals surface area contributed by atoms with E-state index in [9.17, 15) is 13.2 Å². The Morgan fingerprint density at radius 1 is 1.12 bits per heavy atom. The van der Waals surface area contributed by atoms with E-state index in [0.717, 1.165) is 37.6 Å². The van der Waals surface area contributed by atoms with Gasteiger partial charge in [0.1, 0.15) is 0 Å². The number of nitrogens with one attached hydrogen (secondary N) is 2. The molecule has 2 aliphatic heterocycles. The third-order valence-corrected chi connectivity index (χ3v) is 5.68. The summed E-state index contributed by atoms with van der Waals surface area (Å²) >= 11 is 0. The number of carbonyl (C=O) groups is 1. The maximum absolute atomic E-state index is 12.0.